The molecule has 0 aliphatic rings. The van der Waals surface area contributed by atoms with E-state index < -0.39 is 5.97 Å². The topological polar surface area (TPSA) is 68.8 Å². The number of nitrogens with zero attached hydrogens (tertiary/aromatic N) is 2. The highest BCUT2D eigenvalue weighted by Gasteiger charge is 2.09. The summed E-state index contributed by atoms with van der Waals surface area (Å²) in [5.41, 5.74) is 1.71. The summed E-state index contributed by atoms with van der Waals surface area (Å²) >= 11 is 5.80. The standard InChI is InChI=1S/C15H11ClN2O2/c1-18-13(6-7-14(18)15(19)20)11(9-17)8-10-2-4-12(16)5-3-10/h2-8H,1H3,(H,19,20)/p-1/b11-8+. The fourth-order valence-electron chi connectivity index (χ4n) is 1.88. The van der Waals surface area contributed by atoms with Crippen molar-refractivity contribution in [2.75, 3.05) is 0 Å². The molecule has 2 aromatic rings. The first-order chi connectivity index (χ1) is 9.52. The molecule has 0 bridgehead atoms. The molecular formula is C15H10ClN2O2-. The molecule has 5 heteroatoms. The van der Waals surface area contributed by atoms with Crippen LogP contribution in [-0.2, 0) is 7.05 Å². The molecule has 4 nitrogen and oxygen atoms in total. The van der Waals surface area contributed by atoms with Gasteiger partial charge in [0.05, 0.1) is 22.9 Å². The van der Waals surface area contributed by atoms with Gasteiger partial charge in [0.2, 0.25) is 0 Å². The monoisotopic (exact) mass is 285 g/mol. The second kappa shape index (κ2) is 5.64. The van der Waals surface area contributed by atoms with Gasteiger partial charge in [-0.15, -0.1) is 0 Å². The van der Waals surface area contributed by atoms with E-state index in [1.807, 2.05) is 0 Å². The van der Waals surface area contributed by atoms with Crippen molar-refractivity contribution in [3.8, 4) is 6.07 Å². The van der Waals surface area contributed by atoms with Crippen LogP contribution in [-0.4, -0.2) is 10.5 Å². The molecule has 1 aromatic carbocycles. The summed E-state index contributed by atoms with van der Waals surface area (Å²) in [6, 6.07) is 12.1. The van der Waals surface area contributed by atoms with E-state index in [1.54, 1.807) is 43.5 Å². The van der Waals surface area contributed by atoms with Gasteiger partial charge in [-0.25, -0.2) is 0 Å². The van der Waals surface area contributed by atoms with Gasteiger partial charge in [0.15, 0.2) is 0 Å². The number of aromatic nitrogens is 1. The Balaban J connectivity index is 2.46. The van der Waals surface area contributed by atoms with Crippen LogP contribution in [0.15, 0.2) is 36.4 Å². The normalized spacial score (nSPS) is 11.2. The molecule has 1 aromatic heterocycles. The van der Waals surface area contributed by atoms with Crippen molar-refractivity contribution in [3.05, 3.63) is 58.4 Å². The molecule has 0 saturated carbocycles. The fraction of sp³-hybridized carbons (Fsp3) is 0.0667. The first-order valence-corrected chi connectivity index (χ1v) is 6.15. The second-order valence-electron chi connectivity index (χ2n) is 4.17. The first kappa shape index (κ1) is 13.9. The third-order valence-electron chi connectivity index (χ3n) is 2.91. The maximum absolute atomic E-state index is 10.9. The molecular weight excluding hydrogens is 276 g/mol. The number of aromatic carboxylic acids is 1. The van der Waals surface area contributed by atoms with Crippen LogP contribution in [0, 0.1) is 11.3 Å². The Morgan fingerprint density at radius 1 is 1.25 bits per heavy atom. The van der Waals surface area contributed by atoms with Crippen LogP contribution >= 0.6 is 11.6 Å². The van der Waals surface area contributed by atoms with Gasteiger partial charge >= 0.3 is 0 Å². The Morgan fingerprint density at radius 3 is 2.35 bits per heavy atom. The maximum Gasteiger partial charge on any atom is 0.101 e. The predicted octanol–water partition coefficient (Wildman–Crippen LogP) is 2.11. The van der Waals surface area contributed by atoms with Gasteiger partial charge in [-0.3, -0.25) is 0 Å². The van der Waals surface area contributed by atoms with Crippen molar-refractivity contribution in [3.63, 3.8) is 0 Å². The average Bonchev–Trinajstić information content (AvgIpc) is 2.80. The van der Waals surface area contributed by atoms with E-state index in [2.05, 4.69) is 6.07 Å². The molecule has 0 N–H and O–H groups in total. The lowest BCUT2D eigenvalue weighted by molar-refractivity contribution is -0.255. The number of rotatable bonds is 3. The molecule has 0 radical (unpaired) electrons. The molecule has 0 amide bonds. The molecule has 0 atom stereocenters. The van der Waals surface area contributed by atoms with E-state index in [0.29, 0.717) is 16.3 Å². The number of carboxylic acid groups (broad SMARTS) is 1. The number of hydrogen-bond donors (Lipinski definition) is 0. The van der Waals surface area contributed by atoms with Crippen LogP contribution in [0.1, 0.15) is 21.7 Å². The zero-order valence-electron chi connectivity index (χ0n) is 10.6. The Labute approximate surface area is 121 Å². The van der Waals surface area contributed by atoms with E-state index >= 15 is 0 Å². The van der Waals surface area contributed by atoms with Gasteiger partial charge in [0, 0.05) is 12.1 Å². The zero-order valence-corrected chi connectivity index (χ0v) is 11.4. The van der Waals surface area contributed by atoms with Crippen molar-refractivity contribution >= 4 is 29.2 Å². The van der Waals surface area contributed by atoms with Gasteiger partial charge in [0.1, 0.15) is 6.07 Å². The maximum atomic E-state index is 10.9. The highest BCUT2D eigenvalue weighted by atomic mass is 35.5. The SMILES string of the molecule is Cn1c(C(=O)[O-])ccc1/C(C#N)=C/c1ccc(Cl)cc1. The lowest BCUT2D eigenvalue weighted by Crippen LogP contribution is -2.25. The quantitative estimate of drug-likeness (QED) is 0.811. The van der Waals surface area contributed by atoms with Crippen LogP contribution in [0.2, 0.25) is 5.02 Å². The molecule has 20 heavy (non-hydrogen) atoms. The Bertz CT molecular complexity index is 721. The van der Waals surface area contributed by atoms with E-state index in [0.717, 1.165) is 5.56 Å². The summed E-state index contributed by atoms with van der Waals surface area (Å²) < 4.78 is 1.42. The molecule has 100 valence electrons. The minimum absolute atomic E-state index is 0.0252. The molecule has 0 spiro atoms. The summed E-state index contributed by atoms with van der Waals surface area (Å²) in [6.07, 6.45) is 1.67. The third-order valence-corrected chi connectivity index (χ3v) is 3.16. The number of nitriles is 1. The van der Waals surface area contributed by atoms with Gasteiger partial charge < -0.3 is 14.5 Å². The molecule has 0 unspecified atom stereocenters. The van der Waals surface area contributed by atoms with Crippen molar-refractivity contribution in [2.45, 2.75) is 0 Å². The number of hydrogen-bond acceptors (Lipinski definition) is 3. The van der Waals surface area contributed by atoms with Crippen molar-refractivity contribution < 1.29 is 9.90 Å². The minimum Gasteiger partial charge on any atom is -0.543 e. The Kier molecular flexibility index (Phi) is 3.92. The highest BCUT2D eigenvalue weighted by Crippen LogP contribution is 2.20. The Hall–Kier alpha value is -2.51. The van der Waals surface area contributed by atoms with E-state index in [1.165, 1.54) is 10.6 Å². The summed E-state index contributed by atoms with van der Waals surface area (Å²) in [6.45, 7) is 0. The number of benzene rings is 1. The number of halogens is 1. The molecule has 0 saturated heterocycles. The lowest BCUT2D eigenvalue weighted by Gasteiger charge is -2.07. The van der Waals surface area contributed by atoms with Gasteiger partial charge in [-0.2, -0.15) is 5.26 Å². The van der Waals surface area contributed by atoms with Crippen LogP contribution in [0.25, 0.3) is 11.6 Å². The minimum atomic E-state index is -1.28. The molecule has 0 aliphatic heterocycles. The average molecular weight is 286 g/mol. The van der Waals surface area contributed by atoms with Gasteiger partial charge in [-0.1, -0.05) is 23.7 Å². The van der Waals surface area contributed by atoms with Crippen LogP contribution < -0.4 is 5.11 Å². The highest BCUT2D eigenvalue weighted by molar-refractivity contribution is 6.30. The van der Waals surface area contributed by atoms with Crippen molar-refractivity contribution in [2.24, 2.45) is 7.05 Å². The number of carboxylic acids is 1. The number of carbonyl (C=O) groups is 1. The fourth-order valence-corrected chi connectivity index (χ4v) is 2.00. The summed E-state index contributed by atoms with van der Waals surface area (Å²) in [4.78, 5) is 10.9. The largest absolute Gasteiger partial charge is 0.543 e. The van der Waals surface area contributed by atoms with Crippen LogP contribution in [0.3, 0.4) is 0 Å². The van der Waals surface area contributed by atoms with Gasteiger partial charge in [-0.05, 0) is 35.9 Å². The Morgan fingerprint density at radius 2 is 1.85 bits per heavy atom. The van der Waals surface area contributed by atoms with E-state index in [4.69, 9.17) is 11.6 Å². The van der Waals surface area contributed by atoms with Crippen molar-refractivity contribution in [1.29, 1.82) is 5.26 Å². The first-order valence-electron chi connectivity index (χ1n) is 5.77. The molecule has 0 fully saturated rings. The zero-order chi connectivity index (χ0) is 14.7. The van der Waals surface area contributed by atoms with Crippen LogP contribution in [0.4, 0.5) is 0 Å². The number of allylic oxidation sites excluding steroid dienone is 1. The van der Waals surface area contributed by atoms with E-state index in [9.17, 15) is 15.2 Å². The van der Waals surface area contributed by atoms with Crippen LogP contribution in [0.5, 0.6) is 0 Å². The summed E-state index contributed by atoms with van der Waals surface area (Å²) in [7, 11) is 1.58. The van der Waals surface area contributed by atoms with E-state index in [-0.39, 0.29) is 5.69 Å². The molecule has 0 aliphatic carbocycles. The summed E-state index contributed by atoms with van der Waals surface area (Å²) in [5, 5.41) is 20.7. The van der Waals surface area contributed by atoms with Crippen molar-refractivity contribution in [1.82, 2.24) is 4.57 Å². The third kappa shape index (κ3) is 2.73. The molecule has 1 heterocycles. The second-order valence-corrected chi connectivity index (χ2v) is 4.61. The lowest BCUT2D eigenvalue weighted by atomic mass is 10.1. The smallest absolute Gasteiger partial charge is 0.101 e. The predicted molar refractivity (Wildman–Crippen MR) is 74.7 cm³/mol. The van der Waals surface area contributed by atoms with Gasteiger partial charge in [0.25, 0.3) is 0 Å². The summed E-state index contributed by atoms with van der Waals surface area (Å²) in [5.74, 6) is -1.28. The number of carbonyl (C=O) groups excluding carboxylic acids is 1. The molecule has 2 rings (SSSR count).